The van der Waals surface area contributed by atoms with Crippen LogP contribution in [0, 0.1) is 0 Å². The van der Waals surface area contributed by atoms with Gasteiger partial charge in [0.1, 0.15) is 18.0 Å². The predicted octanol–water partition coefficient (Wildman–Crippen LogP) is 2.98. The minimum absolute atomic E-state index is 0.144. The number of benzene rings is 1. The van der Waals surface area contributed by atoms with Crippen LogP contribution < -0.4 is 5.69 Å². The van der Waals surface area contributed by atoms with Gasteiger partial charge < -0.3 is 19.4 Å². The number of rotatable bonds is 7. The molecule has 0 unspecified atom stereocenters. The van der Waals surface area contributed by atoms with Crippen molar-refractivity contribution in [2.45, 2.75) is 57.2 Å². The molecule has 7 nitrogen and oxygen atoms in total. The summed E-state index contributed by atoms with van der Waals surface area (Å²) in [5.41, 5.74) is 1.49. The molecule has 3 heterocycles. The Bertz CT molecular complexity index is 1060. The van der Waals surface area contributed by atoms with Gasteiger partial charge in [0.15, 0.2) is 12.4 Å². The first-order valence-electron chi connectivity index (χ1n) is 10.2. The van der Waals surface area contributed by atoms with E-state index in [1.54, 1.807) is 6.07 Å². The molecular weight excluding hydrogens is 391 g/mol. The second-order valence-electron chi connectivity index (χ2n) is 7.64. The van der Waals surface area contributed by atoms with Crippen LogP contribution >= 0.6 is 0 Å². The Balaban J connectivity index is 1.60. The SMILES string of the molecule is CCCCCc1ccc(-c2cc3cn([C@@H]4O[C@H](CO)[C@@H](O)[C@@H]4F)c(=O)nc3o2)cc1. The maximum absolute atomic E-state index is 14.4. The number of aliphatic hydroxyl groups excluding tert-OH is 2. The second kappa shape index (κ2) is 8.67. The second-order valence-corrected chi connectivity index (χ2v) is 7.64. The third-order valence-electron chi connectivity index (χ3n) is 5.49. The number of aliphatic hydroxyl groups is 2. The van der Waals surface area contributed by atoms with Gasteiger partial charge in [0.05, 0.1) is 12.0 Å². The molecule has 0 radical (unpaired) electrons. The first-order chi connectivity index (χ1) is 14.5. The number of hydrogen-bond acceptors (Lipinski definition) is 6. The molecule has 1 aliphatic heterocycles. The fourth-order valence-corrected chi connectivity index (χ4v) is 3.74. The average molecular weight is 416 g/mol. The summed E-state index contributed by atoms with van der Waals surface area (Å²) in [7, 11) is 0. The summed E-state index contributed by atoms with van der Waals surface area (Å²) in [6.45, 7) is 1.63. The lowest BCUT2D eigenvalue weighted by atomic mass is 10.0. The monoisotopic (exact) mass is 416 g/mol. The Morgan fingerprint density at radius 2 is 2.00 bits per heavy atom. The lowest BCUT2D eigenvalue weighted by Crippen LogP contribution is -2.33. The van der Waals surface area contributed by atoms with Crippen molar-refractivity contribution in [3.63, 3.8) is 0 Å². The molecule has 8 heteroatoms. The van der Waals surface area contributed by atoms with E-state index in [-0.39, 0.29) is 5.71 Å². The highest BCUT2D eigenvalue weighted by atomic mass is 19.1. The summed E-state index contributed by atoms with van der Waals surface area (Å²) < 4.78 is 26.4. The van der Waals surface area contributed by atoms with Gasteiger partial charge in [-0.15, -0.1) is 0 Å². The quantitative estimate of drug-likeness (QED) is 0.575. The number of halogens is 1. The largest absolute Gasteiger partial charge is 0.437 e. The molecule has 2 aromatic heterocycles. The van der Waals surface area contributed by atoms with Gasteiger partial charge in [0.2, 0.25) is 5.71 Å². The smallest absolute Gasteiger partial charge is 0.353 e. The Morgan fingerprint density at radius 1 is 1.23 bits per heavy atom. The van der Waals surface area contributed by atoms with E-state index in [0.29, 0.717) is 11.1 Å². The highest BCUT2D eigenvalue weighted by Crippen LogP contribution is 2.32. The first kappa shape index (κ1) is 20.7. The molecule has 0 aliphatic carbocycles. The van der Waals surface area contributed by atoms with Crippen molar-refractivity contribution in [3.8, 4) is 11.3 Å². The molecule has 3 aromatic rings. The summed E-state index contributed by atoms with van der Waals surface area (Å²) >= 11 is 0. The number of ether oxygens (including phenoxy) is 1. The number of fused-ring (bicyclic) bond motifs is 1. The van der Waals surface area contributed by atoms with Crippen molar-refractivity contribution in [2.75, 3.05) is 6.61 Å². The Kier molecular flexibility index (Phi) is 5.99. The third-order valence-corrected chi connectivity index (χ3v) is 5.49. The Hall–Kier alpha value is -2.55. The van der Waals surface area contributed by atoms with Gasteiger partial charge in [-0.2, -0.15) is 4.98 Å². The van der Waals surface area contributed by atoms with Crippen LogP contribution in [0.1, 0.15) is 38.0 Å². The molecule has 0 spiro atoms. The fraction of sp³-hybridized carbons (Fsp3) is 0.455. The van der Waals surface area contributed by atoms with Crippen molar-refractivity contribution in [1.82, 2.24) is 9.55 Å². The van der Waals surface area contributed by atoms with Crippen LogP contribution in [0.4, 0.5) is 4.39 Å². The highest BCUT2D eigenvalue weighted by molar-refractivity contribution is 5.79. The van der Waals surface area contributed by atoms with Crippen LogP contribution in [0.3, 0.4) is 0 Å². The molecule has 4 rings (SSSR count). The first-order valence-corrected chi connectivity index (χ1v) is 10.2. The third kappa shape index (κ3) is 3.90. The molecular formula is C22H25FN2O5. The van der Waals surface area contributed by atoms with Gasteiger partial charge in [0.25, 0.3) is 0 Å². The van der Waals surface area contributed by atoms with Gasteiger partial charge >= 0.3 is 5.69 Å². The zero-order chi connectivity index (χ0) is 21.3. The lowest BCUT2D eigenvalue weighted by Gasteiger charge is -2.15. The van der Waals surface area contributed by atoms with Crippen molar-refractivity contribution in [3.05, 3.63) is 52.6 Å². The van der Waals surface area contributed by atoms with Crippen molar-refractivity contribution < 1.29 is 23.8 Å². The number of hydrogen-bond donors (Lipinski definition) is 2. The molecule has 1 aliphatic rings. The summed E-state index contributed by atoms with van der Waals surface area (Å²) in [6.07, 6.45) is 0.147. The van der Waals surface area contributed by atoms with Crippen LogP contribution in [0.2, 0.25) is 0 Å². The molecule has 1 aromatic carbocycles. The van der Waals surface area contributed by atoms with E-state index in [0.717, 1.165) is 23.0 Å². The number of aromatic nitrogens is 2. The van der Waals surface area contributed by atoms with Crippen molar-refractivity contribution in [1.29, 1.82) is 0 Å². The number of aryl methyl sites for hydroxylation is 1. The zero-order valence-corrected chi connectivity index (χ0v) is 16.7. The minimum Gasteiger partial charge on any atom is -0.437 e. The van der Waals surface area contributed by atoms with E-state index in [9.17, 15) is 19.4 Å². The standard InChI is InChI=1S/C22H25FN2O5/c1-2-3-4-5-13-6-8-14(9-7-13)16-10-15-11-25(22(28)24-20(15)29-16)21-18(23)19(27)17(12-26)30-21/h6-11,17-19,21,26-27H,2-5,12H2,1H3/t17-,18+,19-,21-/m1/s1. The van der Waals surface area contributed by atoms with Gasteiger partial charge in [-0.3, -0.25) is 4.57 Å². The Morgan fingerprint density at radius 3 is 2.67 bits per heavy atom. The van der Waals surface area contributed by atoms with E-state index in [2.05, 4.69) is 24.0 Å². The Labute approximate surface area is 172 Å². The van der Waals surface area contributed by atoms with E-state index in [4.69, 9.17) is 9.15 Å². The molecule has 1 saturated heterocycles. The highest BCUT2D eigenvalue weighted by Gasteiger charge is 2.45. The molecule has 0 amide bonds. The molecule has 160 valence electrons. The lowest BCUT2D eigenvalue weighted by molar-refractivity contribution is -0.0489. The molecule has 2 N–H and O–H groups in total. The molecule has 30 heavy (non-hydrogen) atoms. The summed E-state index contributed by atoms with van der Waals surface area (Å²) in [4.78, 5) is 16.3. The topological polar surface area (TPSA) is 97.7 Å². The van der Waals surface area contributed by atoms with Crippen LogP contribution in [0.5, 0.6) is 0 Å². The predicted molar refractivity (Wildman–Crippen MR) is 109 cm³/mol. The number of nitrogens with zero attached hydrogens (tertiary/aromatic N) is 2. The van der Waals surface area contributed by atoms with Crippen LogP contribution in [-0.2, 0) is 11.2 Å². The van der Waals surface area contributed by atoms with Crippen LogP contribution in [0.25, 0.3) is 22.4 Å². The zero-order valence-electron chi connectivity index (χ0n) is 16.7. The van der Waals surface area contributed by atoms with Gasteiger partial charge in [-0.25, -0.2) is 9.18 Å². The number of furan rings is 1. The maximum atomic E-state index is 14.4. The van der Waals surface area contributed by atoms with Crippen LogP contribution in [0.15, 0.2) is 45.7 Å². The van der Waals surface area contributed by atoms with E-state index < -0.39 is 36.9 Å². The van der Waals surface area contributed by atoms with Gasteiger partial charge in [-0.05, 0) is 24.5 Å². The molecule has 0 bridgehead atoms. The van der Waals surface area contributed by atoms with Gasteiger partial charge in [-0.1, -0.05) is 44.0 Å². The summed E-state index contributed by atoms with van der Waals surface area (Å²) in [6, 6.07) is 9.77. The number of unbranched alkanes of at least 4 members (excludes halogenated alkanes) is 2. The molecule has 0 saturated carbocycles. The van der Waals surface area contributed by atoms with Gasteiger partial charge in [0, 0.05) is 11.8 Å². The van der Waals surface area contributed by atoms with E-state index >= 15 is 0 Å². The average Bonchev–Trinajstić information content (AvgIpc) is 3.29. The van der Waals surface area contributed by atoms with Crippen molar-refractivity contribution in [2.24, 2.45) is 0 Å². The van der Waals surface area contributed by atoms with Crippen LogP contribution in [-0.4, -0.2) is 44.8 Å². The number of alkyl halides is 1. The maximum Gasteiger partial charge on any atom is 0.353 e. The molecule has 1 fully saturated rings. The summed E-state index contributed by atoms with van der Waals surface area (Å²) in [5.74, 6) is 0.548. The summed E-state index contributed by atoms with van der Waals surface area (Å²) in [5, 5.41) is 19.5. The van der Waals surface area contributed by atoms with E-state index in [1.807, 2.05) is 12.1 Å². The normalized spacial score (nSPS) is 24.0. The minimum atomic E-state index is -1.86. The van der Waals surface area contributed by atoms with Crippen molar-refractivity contribution >= 4 is 11.1 Å². The fourth-order valence-electron chi connectivity index (χ4n) is 3.74. The van der Waals surface area contributed by atoms with E-state index in [1.165, 1.54) is 24.6 Å². The molecule has 4 atom stereocenters.